The third kappa shape index (κ3) is 5.01. The van der Waals surface area contributed by atoms with Crippen LogP contribution in [0.2, 0.25) is 5.02 Å². The van der Waals surface area contributed by atoms with Crippen LogP contribution in [0.3, 0.4) is 0 Å². The Morgan fingerprint density at radius 2 is 1.92 bits per heavy atom. The van der Waals surface area contributed by atoms with E-state index in [1.807, 2.05) is 59.6 Å². The molecule has 3 aromatic rings. The highest BCUT2D eigenvalue weighted by Crippen LogP contribution is 2.46. The lowest BCUT2D eigenvalue weighted by molar-refractivity contribution is -0.112. The van der Waals surface area contributed by atoms with Crippen LogP contribution in [0.25, 0.3) is 6.08 Å². The molecule has 0 aromatic heterocycles. The van der Waals surface area contributed by atoms with Crippen LogP contribution in [-0.2, 0) is 11.2 Å². The first-order chi connectivity index (χ1) is 18.0. The van der Waals surface area contributed by atoms with E-state index in [2.05, 4.69) is 10.4 Å². The standard InChI is InChI=1S/C29H27ClN4O3/c30-25-7-2-1-6-22(25)29(37)32-20-12-10-19-11-15-23-26(28(31)36)33-34(27(23)24(19)17-20)21-13-8-18(9-14-21)5-3-4-16-35/h1-3,5-10,12-14,17,23,27,35H,4,11,15-16H2,(H2,31,36)(H,32,37). The maximum Gasteiger partial charge on any atom is 0.265 e. The lowest BCUT2D eigenvalue weighted by Crippen LogP contribution is -2.34. The van der Waals surface area contributed by atoms with E-state index in [1.165, 1.54) is 0 Å². The zero-order valence-corrected chi connectivity index (χ0v) is 20.9. The number of primary amides is 1. The smallest absolute Gasteiger partial charge is 0.265 e. The fourth-order valence-electron chi connectivity index (χ4n) is 5.03. The molecule has 2 amide bonds. The van der Waals surface area contributed by atoms with Crippen molar-refractivity contribution in [1.82, 2.24) is 0 Å². The predicted molar refractivity (Wildman–Crippen MR) is 147 cm³/mol. The van der Waals surface area contributed by atoms with Crippen LogP contribution in [0.5, 0.6) is 0 Å². The summed E-state index contributed by atoms with van der Waals surface area (Å²) in [5.41, 5.74) is 11.1. The Hall–Kier alpha value is -3.94. The molecular weight excluding hydrogens is 488 g/mol. The number of benzene rings is 3. The topological polar surface area (TPSA) is 108 Å². The van der Waals surface area contributed by atoms with Crippen LogP contribution < -0.4 is 16.1 Å². The van der Waals surface area contributed by atoms with Gasteiger partial charge in [0.05, 0.1) is 22.3 Å². The van der Waals surface area contributed by atoms with Crippen molar-refractivity contribution >= 4 is 46.6 Å². The maximum absolute atomic E-state index is 12.9. The summed E-state index contributed by atoms with van der Waals surface area (Å²) in [6.45, 7) is 0.107. The molecule has 37 heavy (non-hydrogen) atoms. The normalized spacial score (nSPS) is 18.3. The van der Waals surface area contributed by atoms with Gasteiger partial charge in [-0.05, 0) is 72.4 Å². The molecule has 1 aliphatic carbocycles. The van der Waals surface area contributed by atoms with E-state index in [9.17, 15) is 9.59 Å². The number of nitrogens with two attached hydrogens (primary N) is 1. The van der Waals surface area contributed by atoms with Crippen molar-refractivity contribution in [2.75, 3.05) is 16.9 Å². The van der Waals surface area contributed by atoms with Gasteiger partial charge in [0.25, 0.3) is 11.8 Å². The minimum absolute atomic E-state index is 0.107. The number of nitrogens with one attached hydrogen (secondary N) is 1. The Labute approximate surface area is 220 Å². The van der Waals surface area contributed by atoms with Gasteiger partial charge in [0.1, 0.15) is 5.71 Å². The van der Waals surface area contributed by atoms with Crippen molar-refractivity contribution in [2.24, 2.45) is 16.8 Å². The summed E-state index contributed by atoms with van der Waals surface area (Å²) in [4.78, 5) is 25.2. The average Bonchev–Trinajstić information content (AvgIpc) is 3.30. The van der Waals surface area contributed by atoms with E-state index in [-0.39, 0.29) is 24.5 Å². The van der Waals surface area contributed by atoms with E-state index >= 15 is 0 Å². The van der Waals surface area contributed by atoms with Crippen molar-refractivity contribution < 1.29 is 14.7 Å². The zero-order chi connectivity index (χ0) is 25.9. The molecule has 0 bridgehead atoms. The van der Waals surface area contributed by atoms with E-state index < -0.39 is 5.91 Å². The van der Waals surface area contributed by atoms with Gasteiger partial charge in [-0.15, -0.1) is 0 Å². The molecule has 7 nitrogen and oxygen atoms in total. The number of aryl methyl sites for hydroxylation is 1. The minimum Gasteiger partial charge on any atom is -0.396 e. The number of rotatable bonds is 7. The summed E-state index contributed by atoms with van der Waals surface area (Å²) in [6, 6.07) is 20.4. The molecule has 1 aliphatic heterocycles. The van der Waals surface area contributed by atoms with Crippen LogP contribution >= 0.6 is 11.6 Å². The minimum atomic E-state index is -0.521. The Morgan fingerprint density at radius 3 is 2.65 bits per heavy atom. The SMILES string of the molecule is NC(=O)C1=NN(c2ccc(C=CCCO)cc2)C2c3cc(NC(=O)c4ccccc4Cl)ccc3CCC12. The van der Waals surface area contributed by atoms with E-state index in [4.69, 9.17) is 22.4 Å². The largest absolute Gasteiger partial charge is 0.396 e. The highest BCUT2D eigenvalue weighted by molar-refractivity contribution is 6.40. The van der Waals surface area contributed by atoms with Gasteiger partial charge in [0.15, 0.2) is 0 Å². The van der Waals surface area contributed by atoms with E-state index in [0.29, 0.717) is 28.4 Å². The van der Waals surface area contributed by atoms with Crippen LogP contribution in [0.1, 0.15) is 45.9 Å². The van der Waals surface area contributed by atoms with Crippen molar-refractivity contribution in [3.05, 3.63) is 100 Å². The number of nitrogens with zero attached hydrogens (tertiary/aromatic N) is 2. The third-order valence-electron chi connectivity index (χ3n) is 6.79. The molecule has 4 N–H and O–H groups in total. The highest BCUT2D eigenvalue weighted by Gasteiger charge is 2.44. The summed E-state index contributed by atoms with van der Waals surface area (Å²) < 4.78 is 0. The van der Waals surface area contributed by atoms with Crippen molar-refractivity contribution in [1.29, 1.82) is 0 Å². The molecule has 5 rings (SSSR count). The maximum atomic E-state index is 12.9. The summed E-state index contributed by atoms with van der Waals surface area (Å²) in [7, 11) is 0. The molecular formula is C29H27ClN4O3. The fourth-order valence-corrected chi connectivity index (χ4v) is 5.25. The van der Waals surface area contributed by atoms with E-state index in [0.717, 1.165) is 35.2 Å². The summed E-state index contributed by atoms with van der Waals surface area (Å²) in [6.07, 6.45) is 6.00. The van der Waals surface area contributed by atoms with Crippen LogP contribution in [0.15, 0.2) is 77.9 Å². The lowest BCUT2D eigenvalue weighted by atomic mass is 9.77. The summed E-state index contributed by atoms with van der Waals surface area (Å²) in [5, 5.41) is 18.9. The summed E-state index contributed by atoms with van der Waals surface area (Å²) in [5.74, 6) is -0.962. The van der Waals surface area contributed by atoms with Gasteiger partial charge in [0.2, 0.25) is 0 Å². The molecule has 0 spiro atoms. The van der Waals surface area contributed by atoms with Gasteiger partial charge in [-0.1, -0.05) is 54.1 Å². The number of fused-ring (bicyclic) bond motifs is 3. The predicted octanol–water partition coefficient (Wildman–Crippen LogP) is 4.95. The number of aliphatic hydroxyl groups is 1. The first-order valence-corrected chi connectivity index (χ1v) is 12.6. The summed E-state index contributed by atoms with van der Waals surface area (Å²) >= 11 is 6.21. The molecule has 3 aromatic carbocycles. The highest BCUT2D eigenvalue weighted by atomic mass is 35.5. The first-order valence-electron chi connectivity index (χ1n) is 12.2. The molecule has 0 saturated carbocycles. The third-order valence-corrected chi connectivity index (χ3v) is 7.12. The molecule has 0 saturated heterocycles. The number of carbonyl (C=O) groups excluding carboxylic acids is 2. The number of hydrogen-bond acceptors (Lipinski definition) is 5. The Balaban J connectivity index is 1.47. The first kappa shape index (κ1) is 24.7. The number of anilines is 2. The molecule has 0 radical (unpaired) electrons. The van der Waals surface area contributed by atoms with Gasteiger partial charge in [-0.25, -0.2) is 0 Å². The second kappa shape index (κ2) is 10.6. The molecule has 2 atom stereocenters. The molecule has 1 heterocycles. The number of hydrogen-bond donors (Lipinski definition) is 3. The second-order valence-corrected chi connectivity index (χ2v) is 9.55. The van der Waals surface area contributed by atoms with E-state index in [1.54, 1.807) is 24.3 Å². The molecule has 2 aliphatic rings. The van der Waals surface area contributed by atoms with Gasteiger partial charge in [-0.2, -0.15) is 5.10 Å². The fraction of sp³-hybridized carbons (Fsp3) is 0.207. The van der Waals surface area contributed by atoms with Gasteiger partial charge < -0.3 is 16.2 Å². The molecule has 8 heteroatoms. The number of aliphatic hydroxyl groups excluding tert-OH is 1. The monoisotopic (exact) mass is 514 g/mol. The van der Waals surface area contributed by atoms with Crippen molar-refractivity contribution in [3.8, 4) is 0 Å². The van der Waals surface area contributed by atoms with Crippen LogP contribution in [-0.4, -0.2) is 29.2 Å². The Kier molecular flexibility index (Phi) is 7.08. The van der Waals surface area contributed by atoms with Crippen LogP contribution in [0.4, 0.5) is 11.4 Å². The molecule has 0 fully saturated rings. The van der Waals surface area contributed by atoms with Crippen molar-refractivity contribution in [2.45, 2.75) is 25.3 Å². The van der Waals surface area contributed by atoms with Crippen molar-refractivity contribution in [3.63, 3.8) is 0 Å². The van der Waals surface area contributed by atoms with Gasteiger partial charge in [0, 0.05) is 18.2 Å². The molecule has 2 unspecified atom stereocenters. The van der Waals surface area contributed by atoms with Crippen LogP contribution in [0, 0.1) is 5.92 Å². The number of halogens is 1. The van der Waals surface area contributed by atoms with Gasteiger partial charge >= 0.3 is 0 Å². The average molecular weight is 515 g/mol. The second-order valence-electron chi connectivity index (χ2n) is 9.14. The Bertz CT molecular complexity index is 1400. The lowest BCUT2D eigenvalue weighted by Gasteiger charge is -2.34. The number of amides is 2. The zero-order valence-electron chi connectivity index (χ0n) is 20.1. The number of carbonyl (C=O) groups is 2. The number of hydrazone groups is 1. The van der Waals surface area contributed by atoms with Gasteiger partial charge in [-0.3, -0.25) is 14.6 Å². The molecule has 188 valence electrons. The quantitative estimate of drug-likeness (QED) is 0.414. The Morgan fingerprint density at radius 1 is 1.14 bits per heavy atom.